The third kappa shape index (κ3) is 3.47. The third-order valence-electron chi connectivity index (χ3n) is 2.96. The third-order valence-corrected chi connectivity index (χ3v) is 2.96. The fourth-order valence-electron chi connectivity index (χ4n) is 2.15. The van der Waals surface area contributed by atoms with Crippen molar-refractivity contribution < 1.29 is 0 Å². The van der Waals surface area contributed by atoms with E-state index in [0.29, 0.717) is 6.04 Å². The minimum atomic E-state index is 0. The molecule has 2 rings (SSSR count). The molecule has 16 heavy (non-hydrogen) atoms. The first-order valence-electron chi connectivity index (χ1n) is 5.77. The van der Waals surface area contributed by atoms with Crippen molar-refractivity contribution in [2.75, 3.05) is 13.1 Å². The largest absolute Gasteiger partial charge is 0.327 e. The van der Waals surface area contributed by atoms with Crippen LogP contribution < -0.4 is 5.73 Å². The van der Waals surface area contributed by atoms with Crippen molar-refractivity contribution >= 4 is 12.4 Å². The van der Waals surface area contributed by atoms with Gasteiger partial charge in [0.2, 0.25) is 0 Å². The molecule has 0 aliphatic carbocycles. The highest BCUT2D eigenvalue weighted by Gasteiger charge is 2.16. The van der Waals surface area contributed by atoms with Gasteiger partial charge in [-0.2, -0.15) is 5.10 Å². The molecule has 0 saturated carbocycles. The summed E-state index contributed by atoms with van der Waals surface area (Å²) in [5, 5.41) is 4.28. The van der Waals surface area contributed by atoms with E-state index >= 15 is 0 Å². The van der Waals surface area contributed by atoms with E-state index in [2.05, 4.69) is 23.1 Å². The molecule has 1 aromatic heterocycles. The SMILES string of the molecule is CCn1cc(CN2CCCC(N)C2)cn1.Cl. The second kappa shape index (κ2) is 6.23. The molecule has 4 nitrogen and oxygen atoms in total. The summed E-state index contributed by atoms with van der Waals surface area (Å²) >= 11 is 0. The van der Waals surface area contributed by atoms with Gasteiger partial charge in [0, 0.05) is 37.4 Å². The summed E-state index contributed by atoms with van der Waals surface area (Å²) in [6, 6.07) is 0.361. The minimum absolute atomic E-state index is 0. The Morgan fingerprint density at radius 2 is 2.38 bits per heavy atom. The molecule has 1 aromatic rings. The van der Waals surface area contributed by atoms with E-state index < -0.39 is 0 Å². The van der Waals surface area contributed by atoms with E-state index in [9.17, 15) is 0 Å². The Morgan fingerprint density at radius 1 is 1.56 bits per heavy atom. The number of likely N-dealkylation sites (tertiary alicyclic amines) is 1. The van der Waals surface area contributed by atoms with Crippen molar-refractivity contribution in [3.05, 3.63) is 18.0 Å². The van der Waals surface area contributed by atoms with Gasteiger partial charge >= 0.3 is 0 Å². The highest BCUT2D eigenvalue weighted by molar-refractivity contribution is 5.85. The summed E-state index contributed by atoms with van der Waals surface area (Å²) in [4.78, 5) is 2.42. The lowest BCUT2D eigenvalue weighted by Crippen LogP contribution is -2.42. The molecule has 0 radical (unpaired) electrons. The highest BCUT2D eigenvalue weighted by Crippen LogP contribution is 2.11. The fraction of sp³-hybridized carbons (Fsp3) is 0.727. The molecular formula is C11H21ClN4. The van der Waals surface area contributed by atoms with E-state index in [1.165, 1.54) is 24.9 Å². The van der Waals surface area contributed by atoms with Crippen molar-refractivity contribution in [1.82, 2.24) is 14.7 Å². The summed E-state index contributed by atoms with van der Waals surface area (Å²) in [7, 11) is 0. The molecule has 92 valence electrons. The van der Waals surface area contributed by atoms with E-state index in [0.717, 1.165) is 19.6 Å². The molecule has 1 atom stereocenters. The monoisotopic (exact) mass is 244 g/mol. The Hall–Kier alpha value is -0.580. The van der Waals surface area contributed by atoms with Crippen LogP contribution in [0.2, 0.25) is 0 Å². The number of piperidine rings is 1. The summed E-state index contributed by atoms with van der Waals surface area (Å²) in [5.74, 6) is 0. The van der Waals surface area contributed by atoms with Gasteiger partial charge in [-0.15, -0.1) is 12.4 Å². The number of hydrogen-bond acceptors (Lipinski definition) is 3. The fourth-order valence-corrected chi connectivity index (χ4v) is 2.15. The molecule has 1 unspecified atom stereocenters. The maximum atomic E-state index is 5.95. The normalized spacial score (nSPS) is 21.8. The maximum Gasteiger partial charge on any atom is 0.0534 e. The van der Waals surface area contributed by atoms with Gasteiger partial charge in [-0.3, -0.25) is 9.58 Å². The van der Waals surface area contributed by atoms with Gasteiger partial charge in [-0.25, -0.2) is 0 Å². The molecule has 1 saturated heterocycles. The summed E-state index contributed by atoms with van der Waals surface area (Å²) < 4.78 is 1.97. The van der Waals surface area contributed by atoms with Gasteiger partial charge in [0.1, 0.15) is 0 Å². The minimum Gasteiger partial charge on any atom is -0.327 e. The Kier molecular flexibility index (Phi) is 5.25. The van der Waals surface area contributed by atoms with Crippen molar-refractivity contribution in [1.29, 1.82) is 0 Å². The second-order valence-electron chi connectivity index (χ2n) is 4.34. The van der Waals surface area contributed by atoms with Crippen molar-refractivity contribution in [3.8, 4) is 0 Å². The van der Waals surface area contributed by atoms with Gasteiger partial charge in [-0.1, -0.05) is 0 Å². The van der Waals surface area contributed by atoms with Crippen LogP contribution in [0.5, 0.6) is 0 Å². The van der Waals surface area contributed by atoms with E-state index in [1.807, 2.05) is 10.9 Å². The average Bonchev–Trinajstić information content (AvgIpc) is 2.65. The molecular weight excluding hydrogens is 224 g/mol. The number of aryl methyl sites for hydroxylation is 1. The molecule has 5 heteroatoms. The molecule has 0 aromatic carbocycles. The molecule has 1 fully saturated rings. The smallest absolute Gasteiger partial charge is 0.0534 e. The number of nitrogens with zero attached hydrogens (tertiary/aromatic N) is 3. The lowest BCUT2D eigenvalue weighted by atomic mass is 10.1. The predicted molar refractivity (Wildman–Crippen MR) is 67.6 cm³/mol. The maximum absolute atomic E-state index is 5.95. The summed E-state index contributed by atoms with van der Waals surface area (Å²) in [6.45, 7) is 6.24. The van der Waals surface area contributed by atoms with Crippen molar-refractivity contribution in [2.45, 2.75) is 38.9 Å². The van der Waals surface area contributed by atoms with Gasteiger partial charge in [0.05, 0.1) is 6.20 Å². The van der Waals surface area contributed by atoms with Crippen LogP contribution in [0, 0.1) is 0 Å². The first kappa shape index (κ1) is 13.5. The number of nitrogens with two attached hydrogens (primary N) is 1. The van der Waals surface area contributed by atoms with Gasteiger partial charge < -0.3 is 5.73 Å². The Balaban J connectivity index is 0.00000128. The predicted octanol–water partition coefficient (Wildman–Crippen LogP) is 1.25. The quantitative estimate of drug-likeness (QED) is 0.871. The standard InChI is InChI=1S/C11H20N4.ClH/c1-2-15-8-10(6-13-15)7-14-5-3-4-11(12)9-14;/h6,8,11H,2-5,7,9,12H2,1H3;1H. The molecule has 0 spiro atoms. The Morgan fingerprint density at radius 3 is 3.00 bits per heavy atom. The second-order valence-corrected chi connectivity index (χ2v) is 4.34. The Bertz CT molecular complexity index is 313. The molecule has 0 bridgehead atoms. The summed E-state index contributed by atoms with van der Waals surface area (Å²) in [6.07, 6.45) is 6.48. The van der Waals surface area contributed by atoms with Crippen LogP contribution >= 0.6 is 12.4 Å². The van der Waals surface area contributed by atoms with Crippen LogP contribution in [0.15, 0.2) is 12.4 Å². The average molecular weight is 245 g/mol. The Labute approximate surface area is 103 Å². The van der Waals surface area contributed by atoms with Gasteiger partial charge in [0.25, 0.3) is 0 Å². The first-order chi connectivity index (χ1) is 7.28. The molecule has 1 aliphatic heterocycles. The van der Waals surface area contributed by atoms with E-state index in [4.69, 9.17) is 5.73 Å². The number of halogens is 1. The molecule has 2 heterocycles. The summed E-state index contributed by atoms with van der Waals surface area (Å²) in [5.41, 5.74) is 7.24. The van der Waals surface area contributed by atoms with Crippen molar-refractivity contribution in [3.63, 3.8) is 0 Å². The highest BCUT2D eigenvalue weighted by atomic mass is 35.5. The lowest BCUT2D eigenvalue weighted by molar-refractivity contribution is 0.201. The molecule has 2 N–H and O–H groups in total. The van der Waals surface area contributed by atoms with Crippen molar-refractivity contribution in [2.24, 2.45) is 5.73 Å². The van der Waals surface area contributed by atoms with Crippen LogP contribution in [0.1, 0.15) is 25.3 Å². The van der Waals surface area contributed by atoms with Gasteiger partial charge in [0.15, 0.2) is 0 Å². The van der Waals surface area contributed by atoms with E-state index in [-0.39, 0.29) is 12.4 Å². The first-order valence-corrected chi connectivity index (χ1v) is 5.77. The van der Waals surface area contributed by atoms with E-state index in [1.54, 1.807) is 0 Å². The van der Waals surface area contributed by atoms with Crippen LogP contribution in [0.3, 0.4) is 0 Å². The number of rotatable bonds is 3. The van der Waals surface area contributed by atoms with Crippen LogP contribution in [-0.4, -0.2) is 33.8 Å². The lowest BCUT2D eigenvalue weighted by Gasteiger charge is -2.30. The van der Waals surface area contributed by atoms with Crippen LogP contribution in [0.25, 0.3) is 0 Å². The van der Waals surface area contributed by atoms with Crippen LogP contribution in [0.4, 0.5) is 0 Å². The number of hydrogen-bond donors (Lipinski definition) is 1. The number of aromatic nitrogens is 2. The molecule has 0 amide bonds. The zero-order valence-corrected chi connectivity index (χ0v) is 10.6. The van der Waals surface area contributed by atoms with Crippen LogP contribution in [-0.2, 0) is 13.1 Å². The zero-order chi connectivity index (χ0) is 10.7. The topological polar surface area (TPSA) is 47.1 Å². The van der Waals surface area contributed by atoms with Gasteiger partial charge in [-0.05, 0) is 26.3 Å². The zero-order valence-electron chi connectivity index (χ0n) is 9.80. The molecule has 1 aliphatic rings.